The molecule has 0 heterocycles. The summed E-state index contributed by atoms with van der Waals surface area (Å²) in [5.41, 5.74) is 0. The molecule has 0 aliphatic rings. The molecule has 1 amide bonds. The number of phosphoric ester groups is 1. The van der Waals surface area contributed by atoms with Gasteiger partial charge >= 0.3 is 19.8 Å². The van der Waals surface area contributed by atoms with E-state index < -0.39 is 57.6 Å². The van der Waals surface area contributed by atoms with Crippen molar-refractivity contribution in [2.75, 3.05) is 19.8 Å². The molecule has 12 heteroatoms. The smallest absolute Gasteiger partial charge is 0.472 e. The maximum atomic E-state index is 12.2. The summed E-state index contributed by atoms with van der Waals surface area (Å²) in [6.45, 7) is 2.44. The van der Waals surface area contributed by atoms with Gasteiger partial charge in [0.25, 0.3) is 0 Å². The highest BCUT2D eigenvalue weighted by Crippen LogP contribution is 2.43. The second-order valence-electron chi connectivity index (χ2n) is 12.8. The molecular weight excluding hydrogens is 685 g/mol. The van der Waals surface area contributed by atoms with Crippen LogP contribution < -0.4 is 5.32 Å². The lowest BCUT2D eigenvalue weighted by Gasteiger charge is -2.18. The second-order valence-corrected chi connectivity index (χ2v) is 14.2. The number of unbranched alkanes of at least 4 members (excludes halogenated alkanes) is 11. The number of aliphatic carboxylic acids is 1. The molecule has 3 unspecified atom stereocenters. The van der Waals surface area contributed by atoms with Crippen molar-refractivity contribution >= 4 is 25.7 Å². The number of rotatable bonds is 35. The maximum Gasteiger partial charge on any atom is 0.472 e. The van der Waals surface area contributed by atoms with Crippen molar-refractivity contribution in [1.29, 1.82) is 0 Å². The van der Waals surface area contributed by atoms with Crippen LogP contribution in [0.2, 0.25) is 0 Å². The fourth-order valence-electron chi connectivity index (χ4n) is 4.70. The molecule has 0 saturated carbocycles. The molecule has 11 nitrogen and oxygen atoms in total. The van der Waals surface area contributed by atoms with Crippen LogP contribution in [0.4, 0.5) is 0 Å². The number of carbonyl (C=O) groups is 3. The highest BCUT2D eigenvalue weighted by molar-refractivity contribution is 7.47. The van der Waals surface area contributed by atoms with E-state index in [1.807, 2.05) is 12.2 Å². The summed E-state index contributed by atoms with van der Waals surface area (Å²) in [7, 11) is -4.77. The first-order chi connectivity index (χ1) is 25.1. The van der Waals surface area contributed by atoms with Crippen LogP contribution in [0.3, 0.4) is 0 Å². The van der Waals surface area contributed by atoms with E-state index in [0.29, 0.717) is 19.3 Å². The third kappa shape index (κ3) is 34.3. The average Bonchev–Trinajstić information content (AvgIpc) is 3.11. The number of hydrogen-bond acceptors (Lipinski definition) is 8. The number of carbonyl (C=O) groups excluding carboxylic acids is 2. The first kappa shape index (κ1) is 49.2. The van der Waals surface area contributed by atoms with Crippen LogP contribution in [0.5, 0.6) is 0 Å². The fraction of sp³-hybridized carbons (Fsp3) is 0.675. The fourth-order valence-corrected chi connectivity index (χ4v) is 5.47. The highest BCUT2D eigenvalue weighted by atomic mass is 31.2. The number of phosphoric acid groups is 1. The van der Waals surface area contributed by atoms with Crippen molar-refractivity contribution in [3.63, 3.8) is 0 Å². The van der Waals surface area contributed by atoms with Crippen molar-refractivity contribution < 1.29 is 47.8 Å². The Morgan fingerprint density at radius 1 is 0.615 bits per heavy atom. The molecule has 0 spiro atoms. The van der Waals surface area contributed by atoms with Gasteiger partial charge in [0.05, 0.1) is 13.2 Å². The van der Waals surface area contributed by atoms with Gasteiger partial charge in [0.1, 0.15) is 12.7 Å². The van der Waals surface area contributed by atoms with Gasteiger partial charge in [-0.15, -0.1) is 0 Å². The first-order valence-corrected chi connectivity index (χ1v) is 20.8. The lowest BCUT2D eigenvalue weighted by molar-refractivity contribution is -0.147. The number of nitrogens with one attached hydrogen (secondary N) is 1. The number of hydrogen-bond donors (Lipinski definition) is 4. The molecule has 0 rings (SSSR count). The van der Waals surface area contributed by atoms with Crippen LogP contribution >= 0.6 is 7.82 Å². The monoisotopic (exact) mass is 753 g/mol. The molecule has 0 radical (unpaired) electrons. The lowest BCUT2D eigenvalue weighted by Crippen LogP contribution is -2.43. The van der Waals surface area contributed by atoms with Gasteiger partial charge < -0.3 is 25.2 Å². The summed E-state index contributed by atoms with van der Waals surface area (Å²) < 4.78 is 26.7. The minimum atomic E-state index is -4.77. The molecule has 0 aliphatic carbocycles. The van der Waals surface area contributed by atoms with Crippen LogP contribution in [0.1, 0.15) is 142 Å². The zero-order valence-corrected chi connectivity index (χ0v) is 32.7. The van der Waals surface area contributed by atoms with Crippen LogP contribution in [0, 0.1) is 0 Å². The molecule has 0 aliphatic heterocycles. The Morgan fingerprint density at radius 3 is 1.69 bits per heavy atom. The van der Waals surface area contributed by atoms with E-state index in [1.54, 1.807) is 0 Å². The summed E-state index contributed by atoms with van der Waals surface area (Å²) in [5.74, 6) is -2.47. The molecule has 0 aromatic heterocycles. The molecule has 52 heavy (non-hydrogen) atoms. The molecule has 3 atom stereocenters. The minimum Gasteiger partial charge on any atom is -0.480 e. The number of ether oxygens (including phenoxy) is 1. The van der Waals surface area contributed by atoms with Gasteiger partial charge in [0, 0.05) is 12.8 Å². The Kier molecular flexibility index (Phi) is 33.3. The van der Waals surface area contributed by atoms with E-state index in [-0.39, 0.29) is 12.8 Å². The lowest BCUT2D eigenvalue weighted by atomic mass is 10.1. The van der Waals surface area contributed by atoms with Gasteiger partial charge in [0.2, 0.25) is 5.91 Å². The van der Waals surface area contributed by atoms with Gasteiger partial charge in [-0.25, -0.2) is 9.36 Å². The van der Waals surface area contributed by atoms with E-state index in [0.717, 1.165) is 64.2 Å². The first-order valence-electron chi connectivity index (χ1n) is 19.3. The molecule has 0 bridgehead atoms. The van der Waals surface area contributed by atoms with E-state index in [1.165, 1.54) is 32.1 Å². The van der Waals surface area contributed by atoms with Crippen LogP contribution in [0.15, 0.2) is 60.8 Å². The third-order valence-corrected chi connectivity index (χ3v) is 8.73. The zero-order chi connectivity index (χ0) is 38.5. The topological polar surface area (TPSA) is 169 Å². The SMILES string of the molecule is CCCC/C=C\CCCCCCCC(=O)OCC(O)COP(=O)(O)OCC(NC(=O)CCC/C=C\C/C=C\C/C=C\C/C=C\CCCCC)C(=O)O. The maximum absolute atomic E-state index is 12.2. The van der Waals surface area contributed by atoms with Crippen molar-refractivity contribution in [1.82, 2.24) is 5.32 Å². The summed E-state index contributed by atoms with van der Waals surface area (Å²) >= 11 is 0. The standard InChI is InChI=1S/C40H68NO10P/c1-3-5-7-9-11-13-15-16-17-18-19-20-22-23-25-27-29-31-38(43)41-37(40(45)46)35-51-52(47,48)50-34-36(42)33-49-39(44)32-30-28-26-24-21-14-12-10-8-6-4-2/h10-13,16-17,19-20,23,25,36-37,42H,3-9,14-15,18,21-22,24,26-35H2,1-2H3,(H,41,43)(H,45,46)(H,47,48)/b12-10-,13-11-,17-16-,20-19-,25-23-. The number of esters is 1. The Bertz CT molecular complexity index is 1120. The summed E-state index contributed by atoms with van der Waals surface area (Å²) in [6, 6.07) is -1.58. The van der Waals surface area contributed by atoms with Crippen molar-refractivity contribution in [2.45, 2.75) is 154 Å². The molecule has 0 aromatic carbocycles. The summed E-state index contributed by atoms with van der Waals surface area (Å²) in [4.78, 5) is 45.7. The van der Waals surface area contributed by atoms with E-state index in [2.05, 4.69) is 67.8 Å². The molecule has 0 saturated heterocycles. The van der Waals surface area contributed by atoms with E-state index >= 15 is 0 Å². The number of carboxylic acid groups (broad SMARTS) is 1. The molecule has 0 aromatic rings. The Hall–Kier alpha value is -2.82. The largest absolute Gasteiger partial charge is 0.480 e. The van der Waals surface area contributed by atoms with Crippen LogP contribution in [-0.2, 0) is 32.7 Å². The van der Waals surface area contributed by atoms with Gasteiger partial charge in [0.15, 0.2) is 6.04 Å². The van der Waals surface area contributed by atoms with Gasteiger partial charge in [-0.1, -0.05) is 120 Å². The van der Waals surface area contributed by atoms with Crippen molar-refractivity contribution in [2.24, 2.45) is 0 Å². The molecule has 298 valence electrons. The van der Waals surface area contributed by atoms with Crippen LogP contribution in [0.25, 0.3) is 0 Å². The Balaban J connectivity index is 4.08. The molecule has 0 fully saturated rings. The molecular formula is C40H68NO10P. The van der Waals surface area contributed by atoms with Crippen molar-refractivity contribution in [3.8, 4) is 0 Å². The number of amides is 1. The predicted molar refractivity (Wildman–Crippen MR) is 208 cm³/mol. The summed E-state index contributed by atoms with van der Waals surface area (Å²) in [6.07, 6.45) is 38.3. The van der Waals surface area contributed by atoms with Crippen LogP contribution in [-0.4, -0.2) is 64.9 Å². The quantitative estimate of drug-likeness (QED) is 0.0212. The van der Waals surface area contributed by atoms with Gasteiger partial charge in [-0.05, 0) is 70.6 Å². The van der Waals surface area contributed by atoms with Gasteiger partial charge in [-0.3, -0.25) is 18.6 Å². The summed E-state index contributed by atoms with van der Waals surface area (Å²) in [5, 5.41) is 21.7. The van der Waals surface area contributed by atoms with E-state index in [4.69, 9.17) is 13.8 Å². The van der Waals surface area contributed by atoms with Gasteiger partial charge in [-0.2, -0.15) is 0 Å². The second kappa shape index (κ2) is 35.2. The number of aliphatic hydroxyl groups is 1. The van der Waals surface area contributed by atoms with E-state index in [9.17, 15) is 34.1 Å². The predicted octanol–water partition coefficient (Wildman–Crippen LogP) is 9.22. The Morgan fingerprint density at radius 2 is 1.10 bits per heavy atom. The number of aliphatic hydroxyl groups excluding tert-OH is 1. The average molecular weight is 754 g/mol. The number of allylic oxidation sites excluding steroid dienone is 10. The Labute approximate surface area is 313 Å². The highest BCUT2D eigenvalue weighted by Gasteiger charge is 2.28. The number of carboxylic acids is 1. The third-order valence-electron chi connectivity index (χ3n) is 7.78. The molecule has 4 N–H and O–H groups in total. The zero-order valence-electron chi connectivity index (χ0n) is 31.8. The van der Waals surface area contributed by atoms with Crippen molar-refractivity contribution in [3.05, 3.63) is 60.8 Å². The normalized spacial score (nSPS) is 14.5. The minimum absolute atomic E-state index is 0.0665.